The second-order valence-corrected chi connectivity index (χ2v) is 2.60. The molecule has 1 unspecified atom stereocenters. The van der Waals surface area contributed by atoms with Crippen molar-refractivity contribution in [3.63, 3.8) is 0 Å². The predicted octanol–water partition coefficient (Wildman–Crippen LogP) is 0.298. The van der Waals surface area contributed by atoms with Gasteiger partial charge in [-0.15, -0.1) is 0 Å². The molecule has 0 aliphatic carbocycles. The van der Waals surface area contributed by atoms with Gasteiger partial charge in [0, 0.05) is 12.8 Å². The van der Waals surface area contributed by atoms with E-state index < -0.39 is 12.1 Å². The lowest BCUT2D eigenvalue weighted by Crippen LogP contribution is -2.33. The maximum atomic E-state index is 11.0. The average molecular weight is 172 g/mol. The molecule has 0 aromatic heterocycles. The van der Waals surface area contributed by atoms with Gasteiger partial charge in [0.15, 0.2) is 6.10 Å². The second kappa shape index (κ2) is 4.21. The number of Topliss-reactive ketones (excluding diaryl/α,β-unsaturated/α-hetero) is 1. The minimum Gasteiger partial charge on any atom is -0.464 e. The van der Waals surface area contributed by atoms with Gasteiger partial charge in [0.2, 0.25) is 0 Å². The molecule has 0 N–H and O–H groups in total. The van der Waals surface area contributed by atoms with Crippen molar-refractivity contribution < 1.29 is 19.1 Å². The Hall–Kier alpha value is -0.900. The number of ether oxygens (including phenoxy) is 2. The number of carbonyl (C=O) groups is 2. The molecule has 0 aromatic rings. The fourth-order valence-electron chi connectivity index (χ4n) is 1.07. The molecule has 4 heteroatoms. The molecule has 0 amide bonds. The maximum absolute atomic E-state index is 11.0. The lowest BCUT2D eigenvalue weighted by molar-refractivity contribution is -0.162. The summed E-state index contributed by atoms with van der Waals surface area (Å²) < 4.78 is 9.78. The van der Waals surface area contributed by atoms with E-state index in [1.165, 1.54) is 0 Å². The van der Waals surface area contributed by atoms with Gasteiger partial charge in [-0.25, -0.2) is 4.79 Å². The number of rotatable bonds is 2. The summed E-state index contributed by atoms with van der Waals surface area (Å²) >= 11 is 0. The van der Waals surface area contributed by atoms with Crippen molar-refractivity contribution in [2.45, 2.75) is 25.9 Å². The number of hydrogen-bond acceptors (Lipinski definition) is 4. The van der Waals surface area contributed by atoms with Crippen LogP contribution < -0.4 is 0 Å². The van der Waals surface area contributed by atoms with Crippen LogP contribution in [-0.4, -0.2) is 31.1 Å². The molecule has 0 spiro atoms. The zero-order chi connectivity index (χ0) is 8.97. The summed E-state index contributed by atoms with van der Waals surface area (Å²) in [6.45, 7) is 2.39. The molecule has 12 heavy (non-hydrogen) atoms. The normalized spacial score (nSPS) is 23.8. The smallest absolute Gasteiger partial charge is 0.335 e. The molecule has 4 nitrogen and oxygen atoms in total. The van der Waals surface area contributed by atoms with E-state index in [9.17, 15) is 9.59 Å². The van der Waals surface area contributed by atoms with Gasteiger partial charge in [-0.1, -0.05) is 0 Å². The van der Waals surface area contributed by atoms with Crippen LogP contribution in [0.15, 0.2) is 0 Å². The fourth-order valence-corrected chi connectivity index (χ4v) is 1.07. The van der Waals surface area contributed by atoms with Crippen LogP contribution in [0.4, 0.5) is 0 Å². The molecule has 0 bridgehead atoms. The Kier molecular flexibility index (Phi) is 3.22. The van der Waals surface area contributed by atoms with Crippen molar-refractivity contribution in [1.29, 1.82) is 0 Å². The highest BCUT2D eigenvalue weighted by Crippen LogP contribution is 2.10. The number of esters is 1. The molecule has 68 valence electrons. The first-order chi connectivity index (χ1) is 5.74. The van der Waals surface area contributed by atoms with E-state index in [1.807, 2.05) is 0 Å². The molecule has 0 aromatic carbocycles. The first kappa shape index (κ1) is 9.19. The van der Waals surface area contributed by atoms with Crippen molar-refractivity contribution in [2.75, 3.05) is 13.2 Å². The Morgan fingerprint density at radius 2 is 2.50 bits per heavy atom. The summed E-state index contributed by atoms with van der Waals surface area (Å²) in [5, 5.41) is 0. The van der Waals surface area contributed by atoms with E-state index in [2.05, 4.69) is 0 Å². The second-order valence-electron chi connectivity index (χ2n) is 2.60. The molecular formula is C8H12O4. The molecule has 1 atom stereocenters. The predicted molar refractivity (Wildman–Crippen MR) is 40.6 cm³/mol. The van der Waals surface area contributed by atoms with Crippen molar-refractivity contribution in [3.05, 3.63) is 0 Å². The standard InChI is InChI=1S/C8H12O4/c1-2-11-8(10)7-5-6(9)3-4-12-7/h7H,2-5H2,1H3. The van der Waals surface area contributed by atoms with Crippen LogP contribution in [0.1, 0.15) is 19.8 Å². The molecular weight excluding hydrogens is 160 g/mol. The highest BCUT2D eigenvalue weighted by Gasteiger charge is 2.27. The largest absolute Gasteiger partial charge is 0.464 e. The lowest BCUT2D eigenvalue weighted by Gasteiger charge is -2.19. The van der Waals surface area contributed by atoms with Crippen LogP contribution in [0.2, 0.25) is 0 Å². The fraction of sp³-hybridized carbons (Fsp3) is 0.750. The first-order valence-electron chi connectivity index (χ1n) is 4.04. The van der Waals surface area contributed by atoms with Gasteiger partial charge >= 0.3 is 5.97 Å². The Labute approximate surface area is 70.8 Å². The summed E-state index contributed by atoms with van der Waals surface area (Å²) in [6, 6.07) is 0. The monoisotopic (exact) mass is 172 g/mol. The zero-order valence-electron chi connectivity index (χ0n) is 7.04. The van der Waals surface area contributed by atoms with Crippen molar-refractivity contribution in [3.8, 4) is 0 Å². The van der Waals surface area contributed by atoms with E-state index in [1.54, 1.807) is 6.92 Å². The van der Waals surface area contributed by atoms with Gasteiger partial charge < -0.3 is 9.47 Å². The van der Waals surface area contributed by atoms with Gasteiger partial charge in [-0.3, -0.25) is 4.79 Å². The Morgan fingerprint density at radius 1 is 1.75 bits per heavy atom. The molecule has 1 aliphatic rings. The zero-order valence-corrected chi connectivity index (χ0v) is 7.04. The van der Waals surface area contributed by atoms with Gasteiger partial charge in [-0.2, -0.15) is 0 Å². The SMILES string of the molecule is CCOC(=O)C1CC(=O)CCO1. The highest BCUT2D eigenvalue weighted by molar-refractivity contribution is 5.86. The van der Waals surface area contributed by atoms with Crippen molar-refractivity contribution in [2.24, 2.45) is 0 Å². The molecule has 1 rings (SSSR count). The first-order valence-corrected chi connectivity index (χ1v) is 4.04. The van der Waals surface area contributed by atoms with Crippen molar-refractivity contribution in [1.82, 2.24) is 0 Å². The van der Waals surface area contributed by atoms with E-state index in [4.69, 9.17) is 9.47 Å². The lowest BCUT2D eigenvalue weighted by atomic mass is 10.1. The molecule has 0 radical (unpaired) electrons. The van der Waals surface area contributed by atoms with Gasteiger partial charge in [0.1, 0.15) is 5.78 Å². The quantitative estimate of drug-likeness (QED) is 0.562. The van der Waals surface area contributed by atoms with Crippen LogP contribution in [-0.2, 0) is 19.1 Å². The summed E-state index contributed by atoms with van der Waals surface area (Å²) in [5.74, 6) is -0.357. The van der Waals surface area contributed by atoms with Gasteiger partial charge in [-0.05, 0) is 6.92 Å². The number of hydrogen-bond donors (Lipinski definition) is 0. The van der Waals surface area contributed by atoms with E-state index >= 15 is 0 Å². The Bertz CT molecular complexity index is 187. The highest BCUT2D eigenvalue weighted by atomic mass is 16.6. The van der Waals surface area contributed by atoms with Gasteiger partial charge in [0.05, 0.1) is 13.2 Å². The van der Waals surface area contributed by atoms with E-state index in [0.29, 0.717) is 19.6 Å². The van der Waals surface area contributed by atoms with Crippen LogP contribution in [0.5, 0.6) is 0 Å². The van der Waals surface area contributed by atoms with Crippen LogP contribution in [0, 0.1) is 0 Å². The Balaban J connectivity index is 2.40. The maximum Gasteiger partial charge on any atom is 0.335 e. The molecule has 1 aliphatic heterocycles. The van der Waals surface area contributed by atoms with Crippen LogP contribution >= 0.6 is 0 Å². The minimum absolute atomic E-state index is 0.0688. The summed E-state index contributed by atoms with van der Waals surface area (Å²) in [6.07, 6.45) is -0.0828. The van der Waals surface area contributed by atoms with E-state index in [0.717, 1.165) is 0 Å². The third kappa shape index (κ3) is 2.30. The summed E-state index contributed by atoms with van der Waals surface area (Å²) in [5.41, 5.74) is 0. The van der Waals surface area contributed by atoms with E-state index in [-0.39, 0.29) is 12.2 Å². The molecule has 1 saturated heterocycles. The number of ketones is 1. The third-order valence-electron chi connectivity index (χ3n) is 1.66. The Morgan fingerprint density at radius 3 is 3.08 bits per heavy atom. The van der Waals surface area contributed by atoms with Crippen molar-refractivity contribution >= 4 is 11.8 Å². The van der Waals surface area contributed by atoms with Gasteiger partial charge in [0.25, 0.3) is 0 Å². The number of carbonyl (C=O) groups excluding carboxylic acids is 2. The average Bonchev–Trinajstić information content (AvgIpc) is 2.05. The molecule has 1 fully saturated rings. The third-order valence-corrected chi connectivity index (χ3v) is 1.66. The summed E-state index contributed by atoms with van der Waals surface area (Å²) in [7, 11) is 0. The minimum atomic E-state index is -0.661. The van der Waals surface area contributed by atoms with Crippen LogP contribution in [0.25, 0.3) is 0 Å². The molecule has 1 heterocycles. The topological polar surface area (TPSA) is 52.6 Å². The molecule has 0 saturated carbocycles. The summed E-state index contributed by atoms with van der Waals surface area (Å²) in [4.78, 5) is 21.9. The van der Waals surface area contributed by atoms with Crippen LogP contribution in [0.3, 0.4) is 0 Å².